The van der Waals surface area contributed by atoms with Crippen molar-refractivity contribution in [3.63, 3.8) is 0 Å². The molecule has 11 nitrogen and oxygen atoms in total. The summed E-state index contributed by atoms with van der Waals surface area (Å²) in [4.78, 5) is 34.0. The number of hydrogen-bond donors (Lipinski definition) is 2. The maximum Gasteiger partial charge on any atom is 0.338 e. The van der Waals surface area contributed by atoms with E-state index in [9.17, 15) is 18.0 Å². The Balaban J connectivity index is 1.32. The lowest BCUT2D eigenvalue weighted by molar-refractivity contribution is -0.119. The van der Waals surface area contributed by atoms with Crippen molar-refractivity contribution in [2.24, 2.45) is 5.14 Å². The average molecular weight is 519 g/mol. The second-order valence-electron chi connectivity index (χ2n) is 7.77. The molecule has 3 aromatic heterocycles. The number of nitrogens with two attached hydrogens (primary N) is 1. The van der Waals surface area contributed by atoms with Crippen LogP contribution in [0.5, 0.6) is 0 Å². The molecule has 0 radical (unpaired) electrons. The molecule has 37 heavy (non-hydrogen) atoms. The number of benzene rings is 2. The number of primary sulfonamides is 1. The van der Waals surface area contributed by atoms with E-state index in [0.717, 1.165) is 0 Å². The van der Waals surface area contributed by atoms with Crippen molar-refractivity contribution in [2.75, 3.05) is 11.9 Å². The zero-order valence-corrected chi connectivity index (χ0v) is 19.8. The van der Waals surface area contributed by atoms with Crippen LogP contribution >= 0.6 is 0 Å². The molecule has 0 atom stereocenters. The predicted molar refractivity (Wildman–Crippen MR) is 132 cm³/mol. The van der Waals surface area contributed by atoms with Gasteiger partial charge in [-0.2, -0.15) is 0 Å². The zero-order chi connectivity index (χ0) is 26.0. The average Bonchev–Trinajstić information content (AvgIpc) is 3.61. The third kappa shape index (κ3) is 5.24. The molecule has 0 saturated heterocycles. The molecule has 5 aromatic rings. The lowest BCUT2D eigenvalue weighted by atomic mass is 10.1. The van der Waals surface area contributed by atoms with Gasteiger partial charge in [0.25, 0.3) is 5.91 Å². The van der Waals surface area contributed by atoms with Gasteiger partial charge in [0, 0.05) is 5.69 Å². The molecular weight excluding hydrogens is 500 g/mol. The van der Waals surface area contributed by atoms with E-state index in [4.69, 9.17) is 18.7 Å². The van der Waals surface area contributed by atoms with Gasteiger partial charge in [-0.3, -0.25) is 4.79 Å². The number of nitrogens with zero attached hydrogens (tertiary/aromatic N) is 2. The smallest absolute Gasteiger partial charge is 0.338 e. The van der Waals surface area contributed by atoms with Crippen molar-refractivity contribution in [3.05, 3.63) is 84.8 Å². The molecule has 2 aromatic carbocycles. The highest BCUT2D eigenvalue weighted by Gasteiger charge is 2.19. The number of sulfonamides is 1. The monoisotopic (exact) mass is 518 g/mol. The Bertz CT molecular complexity index is 1700. The normalized spacial score (nSPS) is 11.4. The van der Waals surface area contributed by atoms with Crippen LogP contribution in [0.2, 0.25) is 0 Å². The van der Waals surface area contributed by atoms with Gasteiger partial charge < -0.3 is 18.9 Å². The molecule has 0 spiro atoms. The molecule has 3 heterocycles. The number of anilines is 1. The highest BCUT2D eigenvalue weighted by Crippen LogP contribution is 2.31. The molecular formula is C25H18N4O7S. The molecule has 0 saturated carbocycles. The number of nitrogens with one attached hydrogen (secondary N) is 1. The molecule has 12 heteroatoms. The van der Waals surface area contributed by atoms with Crippen LogP contribution in [0.25, 0.3) is 33.9 Å². The first-order valence-corrected chi connectivity index (χ1v) is 12.3. The molecule has 0 aliphatic rings. The fourth-order valence-electron chi connectivity index (χ4n) is 3.49. The van der Waals surface area contributed by atoms with Crippen LogP contribution in [-0.4, -0.2) is 36.9 Å². The van der Waals surface area contributed by atoms with Crippen molar-refractivity contribution in [1.29, 1.82) is 0 Å². The standard InChI is InChI=1S/C25H18N4O7S/c26-37(32,33)17-8-6-16(7-9-17)27-22(30)14-36-25(31)15-5-10-18-19(13-15)29-24(21-4-2-12-35-21)23(28-18)20-3-1-11-34-20/h1-13H,14H2,(H,27,30)(H2,26,32,33). The van der Waals surface area contributed by atoms with Crippen molar-refractivity contribution in [1.82, 2.24) is 9.97 Å². The van der Waals surface area contributed by atoms with Gasteiger partial charge in [0.1, 0.15) is 11.4 Å². The second kappa shape index (κ2) is 9.68. The first kappa shape index (κ1) is 23.9. The van der Waals surface area contributed by atoms with Gasteiger partial charge in [0.2, 0.25) is 10.0 Å². The number of ether oxygens (including phenoxy) is 1. The topological polar surface area (TPSA) is 168 Å². The number of esters is 1. The lowest BCUT2D eigenvalue weighted by Gasteiger charge is -2.09. The van der Waals surface area contributed by atoms with Gasteiger partial charge in [-0.15, -0.1) is 0 Å². The van der Waals surface area contributed by atoms with Crippen LogP contribution in [0.4, 0.5) is 5.69 Å². The summed E-state index contributed by atoms with van der Waals surface area (Å²) < 4.78 is 38.8. The van der Waals surface area contributed by atoms with Crippen LogP contribution in [-0.2, 0) is 19.6 Å². The number of carbonyl (C=O) groups excluding carboxylic acids is 2. The van der Waals surface area contributed by atoms with Gasteiger partial charge >= 0.3 is 5.97 Å². The van der Waals surface area contributed by atoms with E-state index in [2.05, 4.69) is 15.3 Å². The van der Waals surface area contributed by atoms with E-state index < -0.39 is 28.5 Å². The summed E-state index contributed by atoms with van der Waals surface area (Å²) in [7, 11) is -3.85. The number of rotatable bonds is 7. The Morgan fingerprint density at radius 3 is 2.05 bits per heavy atom. The van der Waals surface area contributed by atoms with E-state index in [-0.39, 0.29) is 10.5 Å². The Morgan fingerprint density at radius 2 is 1.49 bits per heavy atom. The molecule has 0 bridgehead atoms. The number of amides is 1. The SMILES string of the molecule is NS(=O)(=O)c1ccc(NC(=O)COC(=O)c2ccc3nc(-c4ccco4)c(-c4ccco4)nc3c2)cc1. The number of hydrogen-bond acceptors (Lipinski definition) is 9. The fourth-order valence-corrected chi connectivity index (χ4v) is 4.01. The molecule has 186 valence electrons. The van der Waals surface area contributed by atoms with E-state index in [0.29, 0.717) is 39.6 Å². The largest absolute Gasteiger partial charge is 0.463 e. The zero-order valence-electron chi connectivity index (χ0n) is 19.0. The molecule has 5 rings (SSSR count). The number of fused-ring (bicyclic) bond motifs is 1. The van der Waals surface area contributed by atoms with Gasteiger partial charge in [-0.1, -0.05) is 0 Å². The highest BCUT2D eigenvalue weighted by molar-refractivity contribution is 7.89. The van der Waals surface area contributed by atoms with E-state index >= 15 is 0 Å². The highest BCUT2D eigenvalue weighted by atomic mass is 32.2. The quantitative estimate of drug-likeness (QED) is 0.306. The Morgan fingerprint density at radius 1 is 0.865 bits per heavy atom. The summed E-state index contributed by atoms with van der Waals surface area (Å²) in [5.41, 5.74) is 2.33. The first-order chi connectivity index (χ1) is 17.8. The van der Waals surface area contributed by atoms with Crippen LogP contribution in [0, 0.1) is 0 Å². The summed E-state index contributed by atoms with van der Waals surface area (Å²) in [6, 6.07) is 16.8. The maximum absolute atomic E-state index is 12.6. The molecule has 0 aliphatic heterocycles. The Hall–Kier alpha value is -4.81. The molecule has 3 N–H and O–H groups in total. The van der Waals surface area contributed by atoms with E-state index in [1.54, 1.807) is 30.3 Å². The summed E-state index contributed by atoms with van der Waals surface area (Å²) in [5.74, 6) is -0.365. The minimum Gasteiger partial charge on any atom is -0.463 e. The number of furan rings is 2. The van der Waals surface area contributed by atoms with Crippen molar-refractivity contribution >= 4 is 38.6 Å². The van der Waals surface area contributed by atoms with E-state index in [1.807, 2.05) is 0 Å². The second-order valence-corrected chi connectivity index (χ2v) is 9.33. The maximum atomic E-state index is 12.6. The fraction of sp³-hybridized carbons (Fsp3) is 0.0400. The van der Waals surface area contributed by atoms with Crippen LogP contribution in [0.1, 0.15) is 10.4 Å². The Labute approximate surface area is 209 Å². The van der Waals surface area contributed by atoms with Crippen molar-refractivity contribution in [3.8, 4) is 22.9 Å². The van der Waals surface area contributed by atoms with Crippen LogP contribution in [0.15, 0.2) is 93.0 Å². The molecule has 1 amide bonds. The van der Waals surface area contributed by atoms with Crippen LogP contribution in [0.3, 0.4) is 0 Å². The minimum atomic E-state index is -3.85. The van der Waals surface area contributed by atoms with Crippen molar-refractivity contribution < 1.29 is 31.6 Å². The minimum absolute atomic E-state index is 0.0946. The summed E-state index contributed by atoms with van der Waals surface area (Å²) in [6.07, 6.45) is 3.04. The van der Waals surface area contributed by atoms with Crippen molar-refractivity contribution in [2.45, 2.75) is 4.90 Å². The van der Waals surface area contributed by atoms with Crippen LogP contribution < -0.4 is 10.5 Å². The number of aromatic nitrogens is 2. The molecule has 0 fully saturated rings. The summed E-state index contributed by atoms with van der Waals surface area (Å²) >= 11 is 0. The predicted octanol–water partition coefficient (Wildman–Crippen LogP) is 3.59. The number of carbonyl (C=O) groups is 2. The molecule has 0 unspecified atom stereocenters. The molecule has 0 aliphatic carbocycles. The van der Waals surface area contributed by atoms with Gasteiger partial charge in [-0.05, 0) is 66.7 Å². The summed E-state index contributed by atoms with van der Waals surface area (Å²) in [5, 5.41) is 7.56. The first-order valence-electron chi connectivity index (χ1n) is 10.8. The van der Waals surface area contributed by atoms with E-state index in [1.165, 1.54) is 48.9 Å². The van der Waals surface area contributed by atoms with Gasteiger partial charge in [0.05, 0.1) is 34.0 Å². The van der Waals surface area contributed by atoms with Gasteiger partial charge in [0.15, 0.2) is 18.1 Å². The van der Waals surface area contributed by atoms with Gasteiger partial charge in [-0.25, -0.2) is 28.3 Å². The third-order valence-corrected chi connectivity index (χ3v) is 6.14. The Kier molecular flexibility index (Phi) is 6.26. The lowest BCUT2D eigenvalue weighted by Crippen LogP contribution is -2.21. The summed E-state index contributed by atoms with van der Waals surface area (Å²) in [6.45, 7) is -0.561. The third-order valence-electron chi connectivity index (χ3n) is 5.21.